The fraction of sp³-hybridized carbons (Fsp3) is 0.360. The number of nitrogens with zero attached hydrogens (tertiary/aromatic N) is 5. The predicted octanol–water partition coefficient (Wildman–Crippen LogP) is 3.47. The van der Waals surface area contributed by atoms with E-state index in [4.69, 9.17) is 21.1 Å². The number of methoxy groups -OCH3 is 1. The molecule has 10 heteroatoms. The molecule has 0 fully saturated rings. The van der Waals surface area contributed by atoms with E-state index in [1.807, 2.05) is 26.0 Å². The average molecular weight is 498 g/mol. The minimum absolute atomic E-state index is 0.0190. The first-order valence-corrected chi connectivity index (χ1v) is 11.4. The molecule has 35 heavy (non-hydrogen) atoms. The number of aromatic nitrogens is 5. The van der Waals surface area contributed by atoms with Crippen LogP contribution in [0.5, 0.6) is 11.6 Å². The SMILES string of the molecule is COc1nc2ccc(C(O)(c3ccc(C)nc3C)c3cnnn3C)cc2c(Cl)c1OCC(C)(C)O. The van der Waals surface area contributed by atoms with Crippen molar-refractivity contribution in [3.05, 3.63) is 69.8 Å². The van der Waals surface area contributed by atoms with Gasteiger partial charge in [0.15, 0.2) is 5.60 Å². The predicted molar refractivity (Wildman–Crippen MR) is 132 cm³/mol. The summed E-state index contributed by atoms with van der Waals surface area (Å²) in [7, 11) is 3.18. The van der Waals surface area contributed by atoms with Crippen molar-refractivity contribution in [2.45, 2.75) is 38.9 Å². The van der Waals surface area contributed by atoms with Gasteiger partial charge < -0.3 is 19.7 Å². The van der Waals surface area contributed by atoms with Crippen LogP contribution in [0.25, 0.3) is 10.9 Å². The van der Waals surface area contributed by atoms with Crippen molar-refractivity contribution >= 4 is 22.5 Å². The highest BCUT2D eigenvalue weighted by molar-refractivity contribution is 6.37. The van der Waals surface area contributed by atoms with Crippen molar-refractivity contribution < 1.29 is 19.7 Å². The Labute approximate surface area is 208 Å². The maximum atomic E-state index is 12.3. The molecule has 0 spiro atoms. The van der Waals surface area contributed by atoms with Crippen molar-refractivity contribution in [3.8, 4) is 11.6 Å². The third-order valence-corrected chi connectivity index (χ3v) is 6.10. The number of aliphatic hydroxyl groups is 2. The minimum Gasteiger partial charge on any atom is -0.484 e. The van der Waals surface area contributed by atoms with Gasteiger partial charge in [-0.25, -0.2) is 9.67 Å². The van der Waals surface area contributed by atoms with Crippen LogP contribution < -0.4 is 9.47 Å². The molecule has 9 nitrogen and oxygen atoms in total. The van der Waals surface area contributed by atoms with E-state index in [-0.39, 0.29) is 23.3 Å². The van der Waals surface area contributed by atoms with Crippen LogP contribution in [-0.4, -0.2) is 54.5 Å². The molecule has 4 rings (SSSR count). The number of benzene rings is 1. The number of aryl methyl sites for hydroxylation is 3. The van der Waals surface area contributed by atoms with E-state index in [9.17, 15) is 10.2 Å². The molecule has 0 saturated carbocycles. The highest BCUT2D eigenvalue weighted by Crippen LogP contribution is 2.43. The molecule has 184 valence electrons. The zero-order valence-electron chi connectivity index (χ0n) is 20.5. The average Bonchev–Trinajstić information content (AvgIpc) is 3.23. The van der Waals surface area contributed by atoms with Gasteiger partial charge in [-0.2, -0.15) is 0 Å². The van der Waals surface area contributed by atoms with E-state index in [1.165, 1.54) is 18.0 Å². The number of ether oxygens (including phenoxy) is 2. The monoisotopic (exact) mass is 497 g/mol. The number of pyridine rings is 2. The molecule has 0 aliphatic carbocycles. The van der Waals surface area contributed by atoms with Gasteiger partial charge >= 0.3 is 0 Å². The van der Waals surface area contributed by atoms with E-state index in [0.717, 1.165) is 5.69 Å². The van der Waals surface area contributed by atoms with E-state index in [0.29, 0.717) is 33.4 Å². The van der Waals surface area contributed by atoms with Gasteiger partial charge in [-0.1, -0.05) is 28.9 Å². The van der Waals surface area contributed by atoms with Gasteiger partial charge in [-0.05, 0) is 51.5 Å². The Morgan fingerprint density at radius 2 is 1.83 bits per heavy atom. The zero-order chi connectivity index (χ0) is 25.5. The molecule has 1 atom stereocenters. The summed E-state index contributed by atoms with van der Waals surface area (Å²) in [5.41, 5.74) is 0.903. The zero-order valence-corrected chi connectivity index (χ0v) is 21.3. The summed E-state index contributed by atoms with van der Waals surface area (Å²) in [5.74, 6) is 0.407. The van der Waals surface area contributed by atoms with E-state index >= 15 is 0 Å². The summed E-state index contributed by atoms with van der Waals surface area (Å²) in [6, 6.07) is 8.98. The standard InChI is InChI=1S/C25H28ClN5O4/c1-14-7-9-18(15(2)28-14)25(33,20-12-27-30-31(20)5)16-8-10-19-17(11-16)21(26)22(23(29-19)34-6)35-13-24(3,4)32/h7-12,32-33H,13H2,1-6H3. The quantitative estimate of drug-likeness (QED) is 0.399. The van der Waals surface area contributed by atoms with Crippen LogP contribution in [0.4, 0.5) is 0 Å². The summed E-state index contributed by atoms with van der Waals surface area (Å²) in [6.45, 7) is 6.97. The van der Waals surface area contributed by atoms with Crippen LogP contribution in [0.3, 0.4) is 0 Å². The smallest absolute Gasteiger partial charge is 0.258 e. The molecular weight excluding hydrogens is 470 g/mol. The molecule has 0 saturated heterocycles. The van der Waals surface area contributed by atoms with Crippen molar-refractivity contribution in [2.24, 2.45) is 7.05 Å². The Balaban J connectivity index is 1.96. The normalized spacial score (nSPS) is 13.6. The van der Waals surface area contributed by atoms with Crippen LogP contribution in [0.2, 0.25) is 5.02 Å². The summed E-state index contributed by atoms with van der Waals surface area (Å²) in [6.07, 6.45) is 1.52. The van der Waals surface area contributed by atoms with Crippen molar-refractivity contribution in [1.29, 1.82) is 0 Å². The number of hydrogen-bond donors (Lipinski definition) is 2. The Hall–Kier alpha value is -3.27. The third-order valence-electron chi connectivity index (χ3n) is 5.73. The van der Waals surface area contributed by atoms with Crippen LogP contribution >= 0.6 is 11.6 Å². The van der Waals surface area contributed by atoms with E-state index in [2.05, 4.69) is 20.3 Å². The Bertz CT molecular complexity index is 1400. The van der Waals surface area contributed by atoms with Crippen molar-refractivity contribution in [3.63, 3.8) is 0 Å². The molecule has 1 aromatic carbocycles. The topological polar surface area (TPSA) is 115 Å². The molecule has 0 bridgehead atoms. The summed E-state index contributed by atoms with van der Waals surface area (Å²) < 4.78 is 12.7. The van der Waals surface area contributed by atoms with Gasteiger partial charge in [0.1, 0.15) is 6.61 Å². The summed E-state index contributed by atoms with van der Waals surface area (Å²) >= 11 is 6.78. The highest BCUT2D eigenvalue weighted by atomic mass is 35.5. The molecule has 3 heterocycles. The summed E-state index contributed by atoms with van der Waals surface area (Å²) in [4.78, 5) is 9.08. The second kappa shape index (κ2) is 9.07. The molecule has 2 N–H and O–H groups in total. The highest BCUT2D eigenvalue weighted by Gasteiger charge is 2.39. The van der Waals surface area contributed by atoms with Gasteiger partial charge in [0.2, 0.25) is 5.75 Å². The second-order valence-electron chi connectivity index (χ2n) is 9.14. The Morgan fingerprint density at radius 1 is 1.09 bits per heavy atom. The largest absolute Gasteiger partial charge is 0.484 e. The molecule has 0 radical (unpaired) electrons. The van der Waals surface area contributed by atoms with Crippen molar-refractivity contribution in [2.75, 3.05) is 13.7 Å². The maximum absolute atomic E-state index is 12.3. The van der Waals surface area contributed by atoms with Gasteiger partial charge in [0.25, 0.3) is 5.88 Å². The van der Waals surface area contributed by atoms with E-state index < -0.39 is 11.2 Å². The fourth-order valence-corrected chi connectivity index (χ4v) is 4.34. The molecule has 0 amide bonds. The van der Waals surface area contributed by atoms with Crippen LogP contribution in [0, 0.1) is 13.8 Å². The van der Waals surface area contributed by atoms with Gasteiger partial charge in [-0.15, -0.1) is 5.10 Å². The lowest BCUT2D eigenvalue weighted by molar-refractivity contribution is 0.0275. The number of halogens is 1. The molecule has 3 aromatic heterocycles. The van der Waals surface area contributed by atoms with Gasteiger partial charge in [-0.3, -0.25) is 4.98 Å². The number of fused-ring (bicyclic) bond motifs is 1. The van der Waals surface area contributed by atoms with Gasteiger partial charge in [0.05, 0.1) is 35.1 Å². The lowest BCUT2D eigenvalue weighted by Crippen LogP contribution is -2.32. The Morgan fingerprint density at radius 3 is 2.43 bits per heavy atom. The second-order valence-corrected chi connectivity index (χ2v) is 9.51. The first-order valence-electron chi connectivity index (χ1n) is 11.0. The van der Waals surface area contributed by atoms with Gasteiger partial charge in [0, 0.05) is 29.4 Å². The maximum Gasteiger partial charge on any atom is 0.258 e. The molecule has 0 aliphatic rings. The van der Waals surface area contributed by atoms with Crippen LogP contribution in [0.1, 0.15) is 42.1 Å². The molecule has 4 aromatic rings. The minimum atomic E-state index is -1.63. The third kappa shape index (κ3) is 4.54. The summed E-state index contributed by atoms with van der Waals surface area (Å²) in [5, 5.41) is 31.2. The Kier molecular flexibility index (Phi) is 6.44. The number of rotatable bonds is 7. The first-order chi connectivity index (χ1) is 16.5. The van der Waals surface area contributed by atoms with Crippen LogP contribution in [0.15, 0.2) is 36.5 Å². The molecular formula is C25H28ClN5O4. The fourth-order valence-electron chi connectivity index (χ4n) is 4.05. The van der Waals surface area contributed by atoms with Crippen LogP contribution in [-0.2, 0) is 12.6 Å². The molecule has 1 unspecified atom stereocenters. The lowest BCUT2D eigenvalue weighted by atomic mass is 9.82. The van der Waals surface area contributed by atoms with Crippen molar-refractivity contribution in [1.82, 2.24) is 25.0 Å². The van der Waals surface area contributed by atoms with E-state index in [1.54, 1.807) is 39.1 Å². The lowest BCUT2D eigenvalue weighted by Gasteiger charge is -2.30. The molecule has 0 aliphatic heterocycles. The first kappa shape index (κ1) is 24.8. The number of hydrogen-bond acceptors (Lipinski definition) is 8.